The third kappa shape index (κ3) is 6.86. The van der Waals surface area contributed by atoms with Gasteiger partial charge in [-0.2, -0.15) is 0 Å². The monoisotopic (exact) mass is 444 g/mol. The molecule has 0 saturated carbocycles. The Morgan fingerprint density at radius 1 is 0.909 bits per heavy atom. The number of pyridine rings is 2. The van der Waals surface area contributed by atoms with Crippen molar-refractivity contribution in [3.8, 4) is 5.75 Å². The Labute approximate surface area is 196 Å². The van der Waals surface area contributed by atoms with Gasteiger partial charge in [0.05, 0.1) is 0 Å². The first-order chi connectivity index (χ1) is 16.0. The van der Waals surface area contributed by atoms with Gasteiger partial charge in [0, 0.05) is 56.4 Å². The van der Waals surface area contributed by atoms with Crippen LogP contribution in [0.5, 0.6) is 5.75 Å². The van der Waals surface area contributed by atoms with Crippen LogP contribution in [-0.4, -0.2) is 58.6 Å². The van der Waals surface area contributed by atoms with Gasteiger partial charge in [0.15, 0.2) is 0 Å². The molecule has 0 spiro atoms. The van der Waals surface area contributed by atoms with Crippen molar-refractivity contribution in [2.75, 3.05) is 32.7 Å². The quantitative estimate of drug-likeness (QED) is 0.539. The molecule has 6 heteroatoms. The number of nitrogens with zero attached hydrogens (tertiary/aromatic N) is 4. The molecule has 33 heavy (non-hydrogen) atoms. The Morgan fingerprint density at radius 2 is 1.70 bits per heavy atom. The fourth-order valence-electron chi connectivity index (χ4n) is 4.03. The van der Waals surface area contributed by atoms with Crippen molar-refractivity contribution in [2.24, 2.45) is 0 Å². The number of ether oxygens (including phenoxy) is 1. The van der Waals surface area contributed by atoms with Crippen molar-refractivity contribution in [3.05, 3.63) is 89.0 Å². The summed E-state index contributed by atoms with van der Waals surface area (Å²) in [7, 11) is 0. The van der Waals surface area contributed by atoms with E-state index < -0.39 is 0 Å². The second-order valence-electron chi connectivity index (χ2n) is 8.77. The molecule has 1 amide bonds. The van der Waals surface area contributed by atoms with Crippen LogP contribution < -0.4 is 4.74 Å². The van der Waals surface area contributed by atoms with Crippen molar-refractivity contribution in [3.63, 3.8) is 0 Å². The standard InChI is InChI=1S/C27H32N4O2/c1-21-11-12-28-25(18-21)19-23-6-9-26(10-7-23)33-27(32)31-16-14-30(15-17-31)13-3-4-24-8-5-22(2)20-29-24/h5-12,18,20H,3-4,13-17,19H2,1-2H3. The van der Waals surface area contributed by atoms with Crippen LogP contribution in [0.4, 0.5) is 4.79 Å². The third-order valence-electron chi connectivity index (χ3n) is 6.00. The topological polar surface area (TPSA) is 58.6 Å². The van der Waals surface area contributed by atoms with Gasteiger partial charge in [0.25, 0.3) is 0 Å². The number of carbonyl (C=O) groups is 1. The largest absolute Gasteiger partial charge is 0.415 e. The van der Waals surface area contributed by atoms with Crippen molar-refractivity contribution in [2.45, 2.75) is 33.1 Å². The molecule has 0 unspecified atom stereocenters. The fourth-order valence-corrected chi connectivity index (χ4v) is 4.03. The van der Waals surface area contributed by atoms with Crippen LogP contribution >= 0.6 is 0 Å². The molecule has 1 fully saturated rings. The molecule has 4 rings (SSSR count). The van der Waals surface area contributed by atoms with Gasteiger partial charge < -0.3 is 9.64 Å². The number of carbonyl (C=O) groups excluding carboxylic acids is 1. The maximum atomic E-state index is 12.6. The average Bonchev–Trinajstić information content (AvgIpc) is 2.82. The molecular weight excluding hydrogens is 412 g/mol. The lowest BCUT2D eigenvalue weighted by Gasteiger charge is -2.34. The van der Waals surface area contributed by atoms with E-state index in [1.54, 1.807) is 4.90 Å². The molecule has 6 nitrogen and oxygen atoms in total. The zero-order chi connectivity index (χ0) is 23.0. The van der Waals surface area contributed by atoms with Crippen molar-refractivity contribution in [1.82, 2.24) is 19.8 Å². The molecule has 1 aliphatic heterocycles. The van der Waals surface area contributed by atoms with Gasteiger partial charge in [0.1, 0.15) is 5.75 Å². The Bertz CT molecular complexity index is 1040. The van der Waals surface area contributed by atoms with E-state index in [0.29, 0.717) is 18.8 Å². The van der Waals surface area contributed by atoms with E-state index in [1.165, 1.54) is 11.1 Å². The maximum Gasteiger partial charge on any atom is 0.415 e. The highest BCUT2D eigenvalue weighted by Crippen LogP contribution is 2.17. The van der Waals surface area contributed by atoms with E-state index in [2.05, 4.69) is 46.9 Å². The summed E-state index contributed by atoms with van der Waals surface area (Å²) in [5, 5.41) is 0. The number of rotatable bonds is 7. The highest BCUT2D eigenvalue weighted by molar-refractivity contribution is 5.70. The highest BCUT2D eigenvalue weighted by atomic mass is 16.6. The Morgan fingerprint density at radius 3 is 2.39 bits per heavy atom. The molecule has 0 bridgehead atoms. The summed E-state index contributed by atoms with van der Waals surface area (Å²) < 4.78 is 5.61. The molecule has 172 valence electrons. The van der Waals surface area contributed by atoms with Gasteiger partial charge in [0.2, 0.25) is 0 Å². The maximum absolute atomic E-state index is 12.6. The number of benzene rings is 1. The number of hydrogen-bond acceptors (Lipinski definition) is 5. The average molecular weight is 445 g/mol. The molecule has 0 N–H and O–H groups in total. The van der Waals surface area contributed by atoms with Gasteiger partial charge in [-0.3, -0.25) is 14.9 Å². The molecule has 2 aromatic heterocycles. The van der Waals surface area contributed by atoms with Crippen molar-refractivity contribution >= 4 is 6.09 Å². The zero-order valence-electron chi connectivity index (χ0n) is 19.5. The van der Waals surface area contributed by atoms with E-state index in [0.717, 1.165) is 55.8 Å². The second-order valence-corrected chi connectivity index (χ2v) is 8.77. The summed E-state index contributed by atoms with van der Waals surface area (Å²) in [6, 6.07) is 16.0. The summed E-state index contributed by atoms with van der Waals surface area (Å²) in [5.41, 5.74) is 5.71. The van der Waals surface area contributed by atoms with Crippen LogP contribution in [0.1, 0.15) is 34.5 Å². The Hall–Kier alpha value is -3.25. The van der Waals surface area contributed by atoms with E-state index >= 15 is 0 Å². The fraction of sp³-hybridized carbons (Fsp3) is 0.370. The van der Waals surface area contributed by atoms with Crippen LogP contribution in [0.15, 0.2) is 60.9 Å². The summed E-state index contributed by atoms with van der Waals surface area (Å²) in [6.45, 7) is 8.28. The number of aryl methyl sites for hydroxylation is 3. The van der Waals surface area contributed by atoms with Crippen molar-refractivity contribution < 1.29 is 9.53 Å². The lowest BCUT2D eigenvalue weighted by atomic mass is 10.1. The summed E-state index contributed by atoms with van der Waals surface area (Å²) in [5.74, 6) is 0.578. The molecule has 3 aromatic rings. The molecular formula is C27H32N4O2. The van der Waals surface area contributed by atoms with Crippen LogP contribution in [0, 0.1) is 13.8 Å². The van der Waals surface area contributed by atoms with Gasteiger partial charge in [-0.1, -0.05) is 18.2 Å². The smallest absolute Gasteiger partial charge is 0.410 e. The zero-order valence-corrected chi connectivity index (χ0v) is 19.5. The molecule has 1 aromatic carbocycles. The van der Waals surface area contributed by atoms with Gasteiger partial charge in [-0.25, -0.2) is 4.79 Å². The Balaban J connectivity index is 1.18. The number of hydrogen-bond donors (Lipinski definition) is 0. The minimum absolute atomic E-state index is 0.272. The minimum Gasteiger partial charge on any atom is -0.410 e. The lowest BCUT2D eigenvalue weighted by molar-refractivity contribution is 0.110. The predicted molar refractivity (Wildman–Crippen MR) is 130 cm³/mol. The van der Waals surface area contributed by atoms with Crippen LogP contribution in [-0.2, 0) is 12.8 Å². The summed E-state index contributed by atoms with van der Waals surface area (Å²) in [6.07, 6.45) is 6.31. The summed E-state index contributed by atoms with van der Waals surface area (Å²) in [4.78, 5) is 25.7. The van der Waals surface area contributed by atoms with E-state index in [4.69, 9.17) is 4.74 Å². The van der Waals surface area contributed by atoms with Gasteiger partial charge in [-0.05, 0) is 80.3 Å². The van der Waals surface area contributed by atoms with Crippen LogP contribution in [0.25, 0.3) is 0 Å². The van der Waals surface area contributed by atoms with E-state index in [1.807, 2.05) is 42.7 Å². The van der Waals surface area contributed by atoms with Gasteiger partial charge >= 0.3 is 6.09 Å². The van der Waals surface area contributed by atoms with E-state index in [-0.39, 0.29) is 6.09 Å². The first kappa shape index (κ1) is 22.9. The second kappa shape index (κ2) is 11.1. The number of piperazine rings is 1. The molecule has 0 radical (unpaired) electrons. The predicted octanol–water partition coefficient (Wildman–Crippen LogP) is 4.43. The molecule has 1 aliphatic rings. The first-order valence-corrected chi connectivity index (χ1v) is 11.7. The molecule has 3 heterocycles. The SMILES string of the molecule is Cc1ccc(CCCN2CCN(C(=O)Oc3ccc(Cc4cc(C)ccn4)cc3)CC2)nc1. The van der Waals surface area contributed by atoms with Crippen molar-refractivity contribution in [1.29, 1.82) is 0 Å². The first-order valence-electron chi connectivity index (χ1n) is 11.7. The van der Waals surface area contributed by atoms with Crippen LogP contribution in [0.2, 0.25) is 0 Å². The minimum atomic E-state index is -0.272. The molecule has 1 saturated heterocycles. The Kier molecular flexibility index (Phi) is 7.68. The normalized spacial score (nSPS) is 14.3. The number of amides is 1. The summed E-state index contributed by atoms with van der Waals surface area (Å²) >= 11 is 0. The third-order valence-corrected chi connectivity index (χ3v) is 6.00. The van der Waals surface area contributed by atoms with Crippen LogP contribution in [0.3, 0.4) is 0 Å². The van der Waals surface area contributed by atoms with E-state index in [9.17, 15) is 4.79 Å². The highest BCUT2D eigenvalue weighted by Gasteiger charge is 2.22. The number of aromatic nitrogens is 2. The molecule has 0 atom stereocenters. The lowest BCUT2D eigenvalue weighted by Crippen LogP contribution is -2.49. The van der Waals surface area contributed by atoms with Gasteiger partial charge in [-0.15, -0.1) is 0 Å². The molecule has 0 aliphatic carbocycles.